The Bertz CT molecular complexity index is 570. The van der Waals surface area contributed by atoms with Crippen LogP contribution in [0.3, 0.4) is 0 Å². The number of carbonyl (C=O) groups excluding carboxylic acids is 2. The lowest BCUT2D eigenvalue weighted by Gasteiger charge is -2.19. The third-order valence-electron chi connectivity index (χ3n) is 4.82. The van der Waals surface area contributed by atoms with Crippen molar-refractivity contribution in [2.24, 2.45) is 5.92 Å². The van der Waals surface area contributed by atoms with Crippen molar-refractivity contribution in [3.05, 3.63) is 35.4 Å². The molecule has 3 N–H and O–H groups in total. The first-order valence-electron chi connectivity index (χ1n) is 10.7. The molecular formula is C23H39N3O2. The Morgan fingerprint density at radius 2 is 1.64 bits per heavy atom. The normalized spacial score (nSPS) is 12.0. The van der Waals surface area contributed by atoms with Crippen molar-refractivity contribution in [2.75, 3.05) is 20.1 Å². The molecule has 28 heavy (non-hydrogen) atoms. The van der Waals surface area contributed by atoms with Gasteiger partial charge in [0.15, 0.2) is 0 Å². The molecule has 0 radical (unpaired) electrons. The maximum Gasteiger partial charge on any atom is 0.242 e. The van der Waals surface area contributed by atoms with Crippen molar-refractivity contribution in [3.8, 4) is 0 Å². The topological polar surface area (TPSA) is 70.2 Å². The van der Waals surface area contributed by atoms with Crippen molar-refractivity contribution in [2.45, 2.75) is 71.8 Å². The minimum Gasteiger partial charge on any atom is -0.354 e. The summed E-state index contributed by atoms with van der Waals surface area (Å²) in [5, 5.41) is 9.02. The standard InChI is InChI=1S/C23H39N3O2/c1-18(2)8-6-17-25-23(28)21(10-7-16-24-4)26-22(27)11-5-9-20-14-12-19(3)13-15-20/h12-15,18,21,24H,5-11,16-17H2,1-4H3,(H,25,28)(H,26,27)/t21-/m1/s1. The second-order valence-electron chi connectivity index (χ2n) is 8.03. The van der Waals surface area contributed by atoms with Crippen LogP contribution in [0.25, 0.3) is 0 Å². The van der Waals surface area contributed by atoms with Gasteiger partial charge in [0.2, 0.25) is 11.8 Å². The molecule has 5 nitrogen and oxygen atoms in total. The van der Waals surface area contributed by atoms with E-state index >= 15 is 0 Å². The smallest absolute Gasteiger partial charge is 0.242 e. The highest BCUT2D eigenvalue weighted by molar-refractivity contribution is 5.87. The Morgan fingerprint density at radius 3 is 2.29 bits per heavy atom. The summed E-state index contributed by atoms with van der Waals surface area (Å²) < 4.78 is 0. The van der Waals surface area contributed by atoms with Crippen LogP contribution < -0.4 is 16.0 Å². The highest BCUT2D eigenvalue weighted by Crippen LogP contribution is 2.08. The number of carbonyl (C=O) groups is 2. The number of aryl methyl sites for hydroxylation is 2. The molecule has 1 aromatic carbocycles. The molecule has 5 heteroatoms. The number of amides is 2. The quantitative estimate of drug-likeness (QED) is 0.427. The molecule has 0 bridgehead atoms. The maximum absolute atomic E-state index is 12.5. The van der Waals surface area contributed by atoms with E-state index in [1.807, 2.05) is 7.05 Å². The summed E-state index contributed by atoms with van der Waals surface area (Å²) in [5.41, 5.74) is 2.48. The van der Waals surface area contributed by atoms with Crippen molar-refractivity contribution < 1.29 is 9.59 Å². The van der Waals surface area contributed by atoms with Crippen molar-refractivity contribution in [1.29, 1.82) is 0 Å². The SMILES string of the molecule is CNCCC[C@@H](NC(=O)CCCc1ccc(C)cc1)C(=O)NCCCC(C)C. The van der Waals surface area contributed by atoms with Crippen LogP contribution in [0, 0.1) is 12.8 Å². The zero-order valence-corrected chi connectivity index (χ0v) is 18.1. The molecule has 0 unspecified atom stereocenters. The number of hydrogen-bond donors (Lipinski definition) is 3. The minimum absolute atomic E-state index is 0.0427. The molecule has 0 fully saturated rings. The number of benzene rings is 1. The van der Waals surface area contributed by atoms with Crippen LogP contribution in [0.1, 0.15) is 63.5 Å². The van der Waals surface area contributed by atoms with E-state index in [2.05, 4.69) is 61.0 Å². The van der Waals surface area contributed by atoms with Gasteiger partial charge in [-0.15, -0.1) is 0 Å². The van der Waals surface area contributed by atoms with Crippen LogP contribution in [0.5, 0.6) is 0 Å². The third kappa shape index (κ3) is 11.1. The largest absolute Gasteiger partial charge is 0.354 e. The van der Waals surface area contributed by atoms with E-state index < -0.39 is 6.04 Å². The van der Waals surface area contributed by atoms with E-state index in [0.717, 1.165) is 38.6 Å². The fourth-order valence-corrected chi connectivity index (χ4v) is 3.07. The van der Waals surface area contributed by atoms with E-state index in [1.54, 1.807) is 0 Å². The van der Waals surface area contributed by atoms with Gasteiger partial charge in [-0.05, 0) is 70.5 Å². The first-order valence-corrected chi connectivity index (χ1v) is 10.7. The Balaban J connectivity index is 2.41. The Morgan fingerprint density at radius 1 is 0.964 bits per heavy atom. The lowest BCUT2D eigenvalue weighted by atomic mass is 10.1. The minimum atomic E-state index is -0.445. The molecule has 1 rings (SSSR count). The molecular weight excluding hydrogens is 350 g/mol. The molecule has 2 amide bonds. The summed E-state index contributed by atoms with van der Waals surface area (Å²) in [4.78, 5) is 24.8. The van der Waals surface area contributed by atoms with Gasteiger partial charge >= 0.3 is 0 Å². The van der Waals surface area contributed by atoms with Gasteiger partial charge in [-0.25, -0.2) is 0 Å². The summed E-state index contributed by atoms with van der Waals surface area (Å²) in [6.07, 6.45) is 5.67. The predicted molar refractivity (Wildman–Crippen MR) is 116 cm³/mol. The van der Waals surface area contributed by atoms with Crippen LogP contribution >= 0.6 is 0 Å². The van der Waals surface area contributed by atoms with Crippen LogP contribution in [0.4, 0.5) is 0 Å². The third-order valence-corrected chi connectivity index (χ3v) is 4.82. The highest BCUT2D eigenvalue weighted by Gasteiger charge is 2.19. The lowest BCUT2D eigenvalue weighted by molar-refractivity contribution is -0.129. The summed E-state index contributed by atoms with van der Waals surface area (Å²) in [6, 6.07) is 7.96. The first-order chi connectivity index (χ1) is 13.4. The van der Waals surface area contributed by atoms with Gasteiger partial charge in [0.05, 0.1) is 0 Å². The summed E-state index contributed by atoms with van der Waals surface area (Å²) >= 11 is 0. The molecule has 158 valence electrons. The number of nitrogens with one attached hydrogen (secondary N) is 3. The van der Waals surface area contributed by atoms with E-state index in [4.69, 9.17) is 0 Å². The number of rotatable bonds is 14. The Hall–Kier alpha value is -1.88. The molecule has 0 aliphatic carbocycles. The molecule has 0 heterocycles. The van der Waals surface area contributed by atoms with Gasteiger partial charge < -0.3 is 16.0 Å². The highest BCUT2D eigenvalue weighted by atomic mass is 16.2. The Labute approximate surface area is 171 Å². The molecule has 0 spiro atoms. The zero-order valence-electron chi connectivity index (χ0n) is 18.1. The predicted octanol–water partition coefficient (Wildman–Crippen LogP) is 3.35. The van der Waals surface area contributed by atoms with Gasteiger partial charge in [-0.1, -0.05) is 43.7 Å². The Kier molecular flexibility index (Phi) is 12.2. The molecule has 0 saturated heterocycles. The van der Waals surface area contributed by atoms with Crippen LogP contribution in [-0.4, -0.2) is 38.0 Å². The first kappa shape index (κ1) is 24.2. The van der Waals surface area contributed by atoms with Crippen LogP contribution in [0.2, 0.25) is 0 Å². The second-order valence-corrected chi connectivity index (χ2v) is 8.03. The van der Waals surface area contributed by atoms with Gasteiger partial charge in [0, 0.05) is 13.0 Å². The molecule has 1 atom stereocenters. The van der Waals surface area contributed by atoms with E-state index in [1.165, 1.54) is 11.1 Å². The van der Waals surface area contributed by atoms with Gasteiger partial charge in [-0.3, -0.25) is 9.59 Å². The summed E-state index contributed by atoms with van der Waals surface area (Å²) in [5.74, 6) is 0.530. The monoisotopic (exact) mass is 389 g/mol. The molecule has 0 saturated carbocycles. The van der Waals surface area contributed by atoms with E-state index in [9.17, 15) is 9.59 Å². The average molecular weight is 390 g/mol. The lowest BCUT2D eigenvalue weighted by Crippen LogP contribution is -2.47. The molecule has 0 aromatic heterocycles. The molecule has 0 aliphatic rings. The van der Waals surface area contributed by atoms with Crippen molar-refractivity contribution in [1.82, 2.24) is 16.0 Å². The second kappa shape index (κ2) is 14.2. The number of hydrogen-bond acceptors (Lipinski definition) is 3. The fourth-order valence-electron chi connectivity index (χ4n) is 3.07. The van der Waals surface area contributed by atoms with Gasteiger partial charge in [-0.2, -0.15) is 0 Å². The van der Waals surface area contributed by atoms with E-state index in [-0.39, 0.29) is 11.8 Å². The van der Waals surface area contributed by atoms with Crippen molar-refractivity contribution in [3.63, 3.8) is 0 Å². The average Bonchev–Trinajstić information content (AvgIpc) is 2.66. The zero-order chi connectivity index (χ0) is 20.8. The van der Waals surface area contributed by atoms with Crippen molar-refractivity contribution >= 4 is 11.8 Å². The van der Waals surface area contributed by atoms with Gasteiger partial charge in [0.25, 0.3) is 0 Å². The van der Waals surface area contributed by atoms with Crippen LogP contribution in [-0.2, 0) is 16.0 Å². The summed E-state index contributed by atoms with van der Waals surface area (Å²) in [6.45, 7) is 7.93. The molecule has 0 aliphatic heterocycles. The maximum atomic E-state index is 12.5. The van der Waals surface area contributed by atoms with Gasteiger partial charge in [0.1, 0.15) is 6.04 Å². The molecule has 1 aromatic rings. The van der Waals surface area contributed by atoms with E-state index in [0.29, 0.717) is 25.3 Å². The summed E-state index contributed by atoms with van der Waals surface area (Å²) in [7, 11) is 1.89. The van der Waals surface area contributed by atoms with Crippen LogP contribution in [0.15, 0.2) is 24.3 Å². The fraction of sp³-hybridized carbons (Fsp3) is 0.652.